The maximum atomic E-state index is 15.0. The lowest BCUT2D eigenvalue weighted by molar-refractivity contribution is 0.0695. The summed E-state index contributed by atoms with van der Waals surface area (Å²) < 4.78 is 16.7. The fourth-order valence-electron chi connectivity index (χ4n) is 3.93. The van der Waals surface area contributed by atoms with Crippen molar-refractivity contribution in [3.8, 4) is 0 Å². The molecular weight excluding hydrogens is 373 g/mol. The van der Waals surface area contributed by atoms with Gasteiger partial charge in [-0.25, -0.2) is 9.18 Å². The molecule has 2 aromatic carbocycles. The first-order chi connectivity index (χ1) is 14.0. The van der Waals surface area contributed by atoms with Crippen LogP contribution in [0.1, 0.15) is 28.9 Å². The number of hydrogen-bond donors (Lipinski definition) is 2. The van der Waals surface area contributed by atoms with Crippen molar-refractivity contribution in [3.63, 3.8) is 0 Å². The highest BCUT2D eigenvalue weighted by Crippen LogP contribution is 2.28. The molecule has 1 saturated heterocycles. The second-order valence-corrected chi connectivity index (χ2v) is 7.15. The van der Waals surface area contributed by atoms with E-state index in [1.807, 2.05) is 42.2 Å². The van der Waals surface area contributed by atoms with Crippen molar-refractivity contribution < 1.29 is 14.3 Å². The van der Waals surface area contributed by atoms with Gasteiger partial charge in [0, 0.05) is 43.8 Å². The molecule has 0 radical (unpaired) electrons. The zero-order valence-electron chi connectivity index (χ0n) is 16.1. The van der Waals surface area contributed by atoms with Crippen molar-refractivity contribution in [3.05, 3.63) is 75.8 Å². The van der Waals surface area contributed by atoms with Crippen molar-refractivity contribution in [2.45, 2.75) is 19.5 Å². The second kappa shape index (κ2) is 7.67. The van der Waals surface area contributed by atoms with Crippen LogP contribution in [-0.2, 0) is 6.54 Å². The van der Waals surface area contributed by atoms with Crippen LogP contribution in [0.2, 0.25) is 0 Å². The number of pyridine rings is 1. The van der Waals surface area contributed by atoms with Gasteiger partial charge in [-0.2, -0.15) is 0 Å². The molecule has 29 heavy (non-hydrogen) atoms. The molecule has 4 rings (SSSR count). The maximum absolute atomic E-state index is 15.0. The molecule has 150 valence electrons. The molecule has 0 bridgehead atoms. The van der Waals surface area contributed by atoms with Crippen molar-refractivity contribution in [1.29, 1.82) is 0 Å². The lowest BCUT2D eigenvalue weighted by Gasteiger charge is -2.36. The van der Waals surface area contributed by atoms with Crippen LogP contribution in [0.25, 0.3) is 10.9 Å². The van der Waals surface area contributed by atoms with E-state index >= 15 is 4.39 Å². The van der Waals surface area contributed by atoms with E-state index in [9.17, 15) is 14.7 Å². The highest BCUT2D eigenvalue weighted by molar-refractivity contribution is 5.93. The summed E-state index contributed by atoms with van der Waals surface area (Å²) in [5, 5.41) is 12.8. The van der Waals surface area contributed by atoms with Gasteiger partial charge in [0.05, 0.1) is 11.2 Å². The Balaban J connectivity index is 1.78. The quantitative estimate of drug-likeness (QED) is 0.710. The van der Waals surface area contributed by atoms with Crippen LogP contribution in [0, 0.1) is 5.82 Å². The number of anilines is 1. The van der Waals surface area contributed by atoms with E-state index in [2.05, 4.69) is 5.32 Å². The summed E-state index contributed by atoms with van der Waals surface area (Å²) in [6.45, 7) is 4.26. The van der Waals surface area contributed by atoms with Crippen molar-refractivity contribution in [1.82, 2.24) is 9.88 Å². The summed E-state index contributed by atoms with van der Waals surface area (Å²) in [4.78, 5) is 25.9. The minimum atomic E-state index is -1.31. The van der Waals surface area contributed by atoms with Gasteiger partial charge in [-0.3, -0.25) is 4.79 Å². The number of carbonyl (C=O) groups is 1. The Morgan fingerprint density at radius 2 is 2.03 bits per heavy atom. The molecule has 2 N–H and O–H groups in total. The van der Waals surface area contributed by atoms with Gasteiger partial charge >= 0.3 is 5.97 Å². The molecule has 6 nitrogen and oxygen atoms in total. The number of nitrogens with zero attached hydrogens (tertiary/aromatic N) is 2. The highest BCUT2D eigenvalue weighted by Gasteiger charge is 2.24. The zero-order valence-corrected chi connectivity index (χ0v) is 16.1. The Labute approximate surface area is 167 Å². The SMILES string of the molecule is CCn1cc(C(=O)O)c(=O)c2cc(F)c(N3CCNC(c4ccccc4)C3)cc21. The van der Waals surface area contributed by atoms with E-state index in [1.165, 1.54) is 12.3 Å². The lowest BCUT2D eigenvalue weighted by Crippen LogP contribution is -2.46. The van der Waals surface area contributed by atoms with E-state index in [0.717, 1.165) is 5.56 Å². The number of benzene rings is 2. The van der Waals surface area contributed by atoms with Gasteiger partial charge in [0.1, 0.15) is 11.4 Å². The number of aromatic carboxylic acids is 1. The largest absolute Gasteiger partial charge is 0.477 e. The number of nitrogens with one attached hydrogen (secondary N) is 1. The van der Waals surface area contributed by atoms with Gasteiger partial charge < -0.3 is 19.9 Å². The Morgan fingerprint density at radius 1 is 1.28 bits per heavy atom. The molecule has 0 amide bonds. The van der Waals surface area contributed by atoms with Gasteiger partial charge in [0.2, 0.25) is 5.43 Å². The van der Waals surface area contributed by atoms with Gasteiger partial charge in [0.15, 0.2) is 0 Å². The van der Waals surface area contributed by atoms with Crippen LogP contribution >= 0.6 is 0 Å². The Morgan fingerprint density at radius 3 is 2.72 bits per heavy atom. The molecule has 7 heteroatoms. The van der Waals surface area contributed by atoms with Crippen molar-refractivity contribution >= 4 is 22.6 Å². The molecule has 1 aliphatic rings. The topological polar surface area (TPSA) is 74.6 Å². The average Bonchev–Trinajstić information content (AvgIpc) is 2.74. The van der Waals surface area contributed by atoms with Crippen LogP contribution in [-0.4, -0.2) is 35.3 Å². The number of rotatable bonds is 4. The summed E-state index contributed by atoms with van der Waals surface area (Å²) in [7, 11) is 0. The molecule has 0 spiro atoms. The minimum absolute atomic E-state index is 0.0720. The molecule has 1 unspecified atom stereocenters. The van der Waals surface area contributed by atoms with Crippen LogP contribution < -0.4 is 15.6 Å². The molecular formula is C22H22FN3O3. The molecule has 0 aliphatic carbocycles. The average molecular weight is 395 g/mol. The normalized spacial score (nSPS) is 16.9. The fraction of sp³-hybridized carbons (Fsp3) is 0.273. The Hall–Kier alpha value is -3.19. The number of carboxylic acid groups (broad SMARTS) is 1. The van der Waals surface area contributed by atoms with Crippen LogP contribution in [0.4, 0.5) is 10.1 Å². The number of piperazine rings is 1. The van der Waals surface area contributed by atoms with Gasteiger partial charge in [-0.05, 0) is 24.6 Å². The third kappa shape index (κ3) is 3.49. The number of halogens is 1. The summed E-state index contributed by atoms with van der Waals surface area (Å²) >= 11 is 0. The molecule has 2 heterocycles. The van der Waals surface area contributed by atoms with Crippen molar-refractivity contribution in [2.75, 3.05) is 24.5 Å². The monoisotopic (exact) mass is 395 g/mol. The third-order valence-corrected chi connectivity index (χ3v) is 5.44. The van der Waals surface area contributed by atoms with E-state index in [0.29, 0.717) is 37.4 Å². The number of hydrogen-bond acceptors (Lipinski definition) is 4. The first-order valence-electron chi connectivity index (χ1n) is 9.63. The molecule has 0 saturated carbocycles. The van der Waals surface area contributed by atoms with E-state index in [-0.39, 0.29) is 17.0 Å². The Bertz CT molecular complexity index is 1130. The zero-order chi connectivity index (χ0) is 20.5. The molecule has 1 aliphatic heterocycles. The number of fused-ring (bicyclic) bond motifs is 1. The van der Waals surface area contributed by atoms with Gasteiger partial charge in [-0.15, -0.1) is 0 Å². The Kier molecular flexibility index (Phi) is 5.07. The smallest absolute Gasteiger partial charge is 0.341 e. The predicted molar refractivity (Wildman–Crippen MR) is 110 cm³/mol. The second-order valence-electron chi connectivity index (χ2n) is 7.15. The summed E-state index contributed by atoms with van der Waals surface area (Å²) in [5.41, 5.74) is 1.08. The molecule has 1 fully saturated rings. The van der Waals surface area contributed by atoms with E-state index < -0.39 is 17.2 Å². The molecule has 1 aromatic heterocycles. The fourth-order valence-corrected chi connectivity index (χ4v) is 3.93. The van der Waals surface area contributed by atoms with Crippen LogP contribution in [0.3, 0.4) is 0 Å². The van der Waals surface area contributed by atoms with E-state index in [1.54, 1.807) is 10.6 Å². The summed E-state index contributed by atoms with van der Waals surface area (Å²) in [6.07, 6.45) is 1.33. The standard InChI is InChI=1S/C22H22FN3O3/c1-2-25-12-16(22(28)29)21(27)15-10-17(23)20(11-19(15)25)26-9-8-24-18(13-26)14-6-4-3-5-7-14/h3-7,10-12,18,24H,2,8-9,13H2,1H3,(H,28,29). The van der Waals surface area contributed by atoms with Gasteiger partial charge in [-0.1, -0.05) is 30.3 Å². The summed E-state index contributed by atoms with van der Waals surface area (Å²) in [5.74, 6) is -1.83. The van der Waals surface area contributed by atoms with Crippen molar-refractivity contribution in [2.24, 2.45) is 0 Å². The van der Waals surface area contributed by atoms with Gasteiger partial charge in [0.25, 0.3) is 0 Å². The highest BCUT2D eigenvalue weighted by atomic mass is 19.1. The third-order valence-electron chi connectivity index (χ3n) is 5.44. The first-order valence-corrected chi connectivity index (χ1v) is 9.63. The maximum Gasteiger partial charge on any atom is 0.341 e. The minimum Gasteiger partial charge on any atom is -0.477 e. The van der Waals surface area contributed by atoms with Crippen LogP contribution in [0.5, 0.6) is 0 Å². The first kappa shape index (κ1) is 19.1. The molecule has 3 aromatic rings. The number of aromatic nitrogens is 1. The van der Waals surface area contributed by atoms with E-state index in [4.69, 9.17) is 0 Å². The lowest BCUT2D eigenvalue weighted by atomic mass is 10.0. The summed E-state index contributed by atoms with van der Waals surface area (Å²) in [6, 6.07) is 12.9. The molecule has 1 atom stereocenters. The number of aryl methyl sites for hydroxylation is 1. The van der Waals surface area contributed by atoms with Crippen LogP contribution in [0.15, 0.2) is 53.5 Å². The predicted octanol–water partition coefficient (Wildman–Crippen LogP) is 3.01. The number of carboxylic acids is 1.